The second kappa shape index (κ2) is 10.1. The van der Waals surface area contributed by atoms with Crippen LogP contribution in [0.3, 0.4) is 0 Å². The van der Waals surface area contributed by atoms with Gasteiger partial charge in [-0.2, -0.15) is 0 Å². The molecule has 7 heteroatoms. The van der Waals surface area contributed by atoms with Crippen molar-refractivity contribution in [2.45, 2.75) is 19.8 Å². The zero-order chi connectivity index (χ0) is 21.5. The van der Waals surface area contributed by atoms with E-state index in [2.05, 4.69) is 24.1 Å². The molecule has 2 aromatic rings. The first kappa shape index (κ1) is 21.6. The number of rotatable bonds is 7. The molecule has 0 spiro atoms. The van der Waals surface area contributed by atoms with Crippen LogP contribution in [-0.2, 0) is 14.3 Å². The molecule has 30 heavy (non-hydrogen) atoms. The molecule has 0 aliphatic carbocycles. The second-order valence-corrected chi connectivity index (χ2v) is 7.38. The number of hydrogen-bond donors (Lipinski definition) is 1. The lowest BCUT2D eigenvalue weighted by atomic mass is 10.0. The standard InChI is InChI=1S/C23H28N2O5/c1-16(2)17-4-7-19(8-5-17)30-15-22(26)24-20-14-18(23(27)28-3)6-9-21(20)25-10-12-29-13-11-25/h4-9,14,16H,10-13,15H2,1-3H3,(H,24,26). The second-order valence-electron chi connectivity index (χ2n) is 7.38. The maximum Gasteiger partial charge on any atom is 0.337 e. The minimum absolute atomic E-state index is 0.133. The molecule has 1 heterocycles. The summed E-state index contributed by atoms with van der Waals surface area (Å²) in [6.45, 7) is 6.75. The summed E-state index contributed by atoms with van der Waals surface area (Å²) in [5.41, 5.74) is 2.96. The first-order valence-electron chi connectivity index (χ1n) is 10.1. The highest BCUT2D eigenvalue weighted by Crippen LogP contribution is 2.28. The molecular formula is C23H28N2O5. The highest BCUT2D eigenvalue weighted by atomic mass is 16.5. The van der Waals surface area contributed by atoms with E-state index in [4.69, 9.17) is 14.2 Å². The van der Waals surface area contributed by atoms with Gasteiger partial charge in [0.15, 0.2) is 6.61 Å². The number of hydrogen-bond acceptors (Lipinski definition) is 6. The van der Waals surface area contributed by atoms with Crippen molar-refractivity contribution in [3.8, 4) is 5.75 Å². The van der Waals surface area contributed by atoms with E-state index in [0.29, 0.717) is 49.2 Å². The molecule has 1 aliphatic rings. The van der Waals surface area contributed by atoms with E-state index in [0.717, 1.165) is 5.69 Å². The van der Waals surface area contributed by atoms with Gasteiger partial charge in [0.1, 0.15) is 5.75 Å². The maximum atomic E-state index is 12.6. The van der Waals surface area contributed by atoms with Gasteiger partial charge in [0, 0.05) is 13.1 Å². The monoisotopic (exact) mass is 412 g/mol. The van der Waals surface area contributed by atoms with E-state index >= 15 is 0 Å². The average Bonchev–Trinajstić information content (AvgIpc) is 2.78. The Balaban J connectivity index is 1.70. The molecule has 2 aromatic carbocycles. The van der Waals surface area contributed by atoms with Crippen LogP contribution < -0.4 is 15.0 Å². The summed E-state index contributed by atoms with van der Waals surface area (Å²) in [5, 5.41) is 2.87. The molecule has 1 N–H and O–H groups in total. The fourth-order valence-electron chi connectivity index (χ4n) is 3.25. The molecule has 1 amide bonds. The van der Waals surface area contributed by atoms with Crippen molar-refractivity contribution >= 4 is 23.3 Å². The summed E-state index contributed by atoms with van der Waals surface area (Å²) in [5.74, 6) is 0.300. The number of morpholine rings is 1. The Morgan fingerprint density at radius 3 is 2.43 bits per heavy atom. The molecule has 3 rings (SSSR count). The van der Waals surface area contributed by atoms with E-state index in [1.54, 1.807) is 12.1 Å². The summed E-state index contributed by atoms with van der Waals surface area (Å²) in [6.07, 6.45) is 0. The Morgan fingerprint density at radius 2 is 1.80 bits per heavy atom. The predicted molar refractivity (Wildman–Crippen MR) is 115 cm³/mol. The van der Waals surface area contributed by atoms with Crippen molar-refractivity contribution in [2.24, 2.45) is 0 Å². The number of benzene rings is 2. The Hall–Kier alpha value is -3.06. The lowest BCUT2D eigenvalue weighted by Gasteiger charge is -2.30. The fraction of sp³-hybridized carbons (Fsp3) is 0.391. The Kier molecular flexibility index (Phi) is 7.30. The van der Waals surface area contributed by atoms with E-state index in [1.165, 1.54) is 12.7 Å². The number of amides is 1. The lowest BCUT2D eigenvalue weighted by Crippen LogP contribution is -2.37. The maximum absolute atomic E-state index is 12.6. The number of ether oxygens (including phenoxy) is 3. The van der Waals surface area contributed by atoms with Crippen LogP contribution in [0.5, 0.6) is 5.75 Å². The SMILES string of the molecule is COC(=O)c1ccc(N2CCOCC2)c(NC(=O)COc2ccc(C(C)C)cc2)c1. The van der Waals surface area contributed by atoms with Gasteiger partial charge in [-0.25, -0.2) is 4.79 Å². The van der Waals surface area contributed by atoms with E-state index in [-0.39, 0.29) is 12.5 Å². The van der Waals surface area contributed by atoms with Crippen molar-refractivity contribution in [1.82, 2.24) is 0 Å². The van der Waals surface area contributed by atoms with Gasteiger partial charge in [-0.15, -0.1) is 0 Å². The molecule has 0 saturated carbocycles. The molecule has 7 nitrogen and oxygen atoms in total. The van der Waals surface area contributed by atoms with Crippen LogP contribution in [0.2, 0.25) is 0 Å². The quantitative estimate of drug-likeness (QED) is 0.702. The van der Waals surface area contributed by atoms with Crippen molar-refractivity contribution in [1.29, 1.82) is 0 Å². The molecule has 0 unspecified atom stereocenters. The minimum Gasteiger partial charge on any atom is -0.484 e. The molecular weight excluding hydrogens is 384 g/mol. The molecule has 0 aromatic heterocycles. The molecule has 1 aliphatic heterocycles. The zero-order valence-electron chi connectivity index (χ0n) is 17.6. The number of methoxy groups -OCH3 is 1. The third-order valence-corrected chi connectivity index (χ3v) is 4.96. The number of nitrogens with zero attached hydrogens (tertiary/aromatic N) is 1. The summed E-state index contributed by atoms with van der Waals surface area (Å²) >= 11 is 0. The smallest absolute Gasteiger partial charge is 0.337 e. The number of carbonyl (C=O) groups is 2. The van der Waals surface area contributed by atoms with Crippen LogP contribution >= 0.6 is 0 Å². The topological polar surface area (TPSA) is 77.1 Å². The average molecular weight is 412 g/mol. The van der Waals surface area contributed by atoms with Crippen LogP contribution in [-0.4, -0.2) is 51.9 Å². The van der Waals surface area contributed by atoms with Crippen LogP contribution in [0.1, 0.15) is 35.7 Å². The minimum atomic E-state index is -0.458. The van der Waals surface area contributed by atoms with Gasteiger partial charge < -0.3 is 24.4 Å². The third kappa shape index (κ3) is 5.51. The number of anilines is 2. The van der Waals surface area contributed by atoms with Gasteiger partial charge in [0.25, 0.3) is 5.91 Å². The highest BCUT2D eigenvalue weighted by molar-refractivity contribution is 5.98. The Bertz CT molecular complexity index is 874. The van der Waals surface area contributed by atoms with Gasteiger partial charge in [-0.3, -0.25) is 4.79 Å². The van der Waals surface area contributed by atoms with Gasteiger partial charge >= 0.3 is 5.97 Å². The van der Waals surface area contributed by atoms with Crippen molar-refractivity contribution < 1.29 is 23.8 Å². The summed E-state index contributed by atoms with van der Waals surface area (Å²) in [7, 11) is 1.33. The molecule has 1 fully saturated rings. The van der Waals surface area contributed by atoms with Crippen molar-refractivity contribution in [3.05, 3.63) is 53.6 Å². The van der Waals surface area contributed by atoms with Gasteiger partial charge in [0.2, 0.25) is 0 Å². The summed E-state index contributed by atoms with van der Waals surface area (Å²) < 4.78 is 15.8. The Morgan fingerprint density at radius 1 is 1.10 bits per heavy atom. The van der Waals surface area contributed by atoms with Crippen molar-refractivity contribution in [3.63, 3.8) is 0 Å². The van der Waals surface area contributed by atoms with Crippen LogP contribution in [0.4, 0.5) is 11.4 Å². The zero-order valence-corrected chi connectivity index (χ0v) is 17.6. The largest absolute Gasteiger partial charge is 0.484 e. The Labute approximate surface area is 176 Å². The molecule has 0 bridgehead atoms. The normalized spacial score (nSPS) is 13.8. The molecule has 1 saturated heterocycles. The fourth-order valence-corrected chi connectivity index (χ4v) is 3.25. The molecule has 160 valence electrons. The van der Waals surface area contributed by atoms with Crippen molar-refractivity contribution in [2.75, 3.05) is 50.2 Å². The van der Waals surface area contributed by atoms with Gasteiger partial charge in [-0.1, -0.05) is 26.0 Å². The summed E-state index contributed by atoms with van der Waals surface area (Å²) in [4.78, 5) is 26.6. The third-order valence-electron chi connectivity index (χ3n) is 4.96. The van der Waals surface area contributed by atoms with E-state index < -0.39 is 5.97 Å². The highest BCUT2D eigenvalue weighted by Gasteiger charge is 2.18. The van der Waals surface area contributed by atoms with E-state index in [9.17, 15) is 9.59 Å². The van der Waals surface area contributed by atoms with Crippen LogP contribution in [0.25, 0.3) is 0 Å². The number of nitrogens with one attached hydrogen (secondary N) is 1. The first-order valence-corrected chi connectivity index (χ1v) is 10.1. The van der Waals surface area contributed by atoms with Crippen LogP contribution in [0, 0.1) is 0 Å². The van der Waals surface area contributed by atoms with E-state index in [1.807, 2.05) is 30.3 Å². The molecule has 0 atom stereocenters. The number of carbonyl (C=O) groups excluding carboxylic acids is 2. The van der Waals surface area contributed by atoms with Crippen LogP contribution in [0.15, 0.2) is 42.5 Å². The summed E-state index contributed by atoms with van der Waals surface area (Å²) in [6, 6.07) is 12.9. The predicted octanol–water partition coefficient (Wildman–Crippen LogP) is 3.45. The van der Waals surface area contributed by atoms with Gasteiger partial charge in [0.05, 0.1) is 37.3 Å². The lowest BCUT2D eigenvalue weighted by molar-refractivity contribution is -0.118. The van der Waals surface area contributed by atoms with Gasteiger partial charge in [-0.05, 0) is 41.8 Å². The number of esters is 1. The first-order chi connectivity index (χ1) is 14.5. The molecule has 0 radical (unpaired) electrons.